The molecule has 3 aromatic carbocycles. The second-order valence-corrected chi connectivity index (χ2v) is 5.75. The number of anilines is 4. The number of hydrogen-bond acceptors (Lipinski definition) is 4. The van der Waals surface area contributed by atoms with Crippen molar-refractivity contribution in [2.45, 2.75) is 13.8 Å². The molecule has 0 aliphatic rings. The lowest BCUT2D eigenvalue weighted by molar-refractivity contribution is 0.340. The highest BCUT2D eigenvalue weighted by Gasteiger charge is 2.00. The third-order valence-electron chi connectivity index (χ3n) is 3.75. The molecule has 3 rings (SSSR count). The maximum Gasteiger partial charge on any atom is 0.121 e. The summed E-state index contributed by atoms with van der Waals surface area (Å²) in [4.78, 5) is 0. The minimum atomic E-state index is 0.661. The van der Waals surface area contributed by atoms with Gasteiger partial charge in [-0.1, -0.05) is 12.1 Å². The van der Waals surface area contributed by atoms with Crippen LogP contribution in [0.5, 0.6) is 11.5 Å². The molecule has 26 heavy (non-hydrogen) atoms. The van der Waals surface area contributed by atoms with Gasteiger partial charge in [-0.3, -0.25) is 0 Å². The zero-order chi connectivity index (χ0) is 18.2. The Bertz CT molecular complexity index is 761. The van der Waals surface area contributed by atoms with Crippen molar-refractivity contribution in [2.75, 3.05) is 23.8 Å². The van der Waals surface area contributed by atoms with Crippen LogP contribution < -0.4 is 20.1 Å². The van der Waals surface area contributed by atoms with E-state index in [-0.39, 0.29) is 0 Å². The van der Waals surface area contributed by atoms with Crippen LogP contribution in [0.15, 0.2) is 72.8 Å². The molecule has 0 aliphatic heterocycles. The fraction of sp³-hybridized carbons (Fsp3) is 0.182. The van der Waals surface area contributed by atoms with Crippen LogP contribution in [-0.4, -0.2) is 13.2 Å². The van der Waals surface area contributed by atoms with Gasteiger partial charge >= 0.3 is 0 Å². The van der Waals surface area contributed by atoms with E-state index in [0.29, 0.717) is 13.2 Å². The number of benzene rings is 3. The van der Waals surface area contributed by atoms with Crippen LogP contribution >= 0.6 is 0 Å². The fourth-order valence-electron chi connectivity index (χ4n) is 2.63. The van der Waals surface area contributed by atoms with E-state index >= 15 is 0 Å². The third-order valence-corrected chi connectivity index (χ3v) is 3.75. The topological polar surface area (TPSA) is 42.5 Å². The van der Waals surface area contributed by atoms with E-state index < -0.39 is 0 Å². The summed E-state index contributed by atoms with van der Waals surface area (Å²) in [5.74, 6) is 1.73. The van der Waals surface area contributed by atoms with E-state index in [1.54, 1.807) is 0 Å². The van der Waals surface area contributed by atoms with Gasteiger partial charge in [-0.05, 0) is 62.4 Å². The summed E-state index contributed by atoms with van der Waals surface area (Å²) in [6, 6.07) is 24.1. The third kappa shape index (κ3) is 4.93. The normalized spacial score (nSPS) is 10.2. The minimum Gasteiger partial charge on any atom is -0.494 e. The second kappa shape index (κ2) is 8.81. The van der Waals surface area contributed by atoms with E-state index in [1.165, 1.54) is 0 Å². The van der Waals surface area contributed by atoms with E-state index in [2.05, 4.69) is 10.6 Å². The van der Waals surface area contributed by atoms with Crippen molar-refractivity contribution in [3.8, 4) is 11.5 Å². The molecule has 3 aromatic rings. The Morgan fingerprint density at radius 3 is 1.38 bits per heavy atom. The molecule has 0 aliphatic carbocycles. The highest BCUT2D eigenvalue weighted by Crippen LogP contribution is 2.25. The molecular weight excluding hydrogens is 324 g/mol. The van der Waals surface area contributed by atoms with Crippen LogP contribution in [0.4, 0.5) is 22.7 Å². The molecule has 2 N–H and O–H groups in total. The van der Waals surface area contributed by atoms with E-state index in [9.17, 15) is 0 Å². The molecule has 0 spiro atoms. The van der Waals surface area contributed by atoms with Crippen LogP contribution in [0.3, 0.4) is 0 Å². The average molecular weight is 348 g/mol. The van der Waals surface area contributed by atoms with Gasteiger partial charge in [-0.2, -0.15) is 0 Å². The molecule has 0 bridgehead atoms. The summed E-state index contributed by atoms with van der Waals surface area (Å²) in [6.07, 6.45) is 0. The number of rotatable bonds is 8. The van der Waals surface area contributed by atoms with Crippen molar-refractivity contribution in [3.63, 3.8) is 0 Å². The Labute approximate surface area is 154 Å². The van der Waals surface area contributed by atoms with Crippen molar-refractivity contribution < 1.29 is 9.47 Å². The Morgan fingerprint density at radius 2 is 1.00 bits per heavy atom. The number of nitrogens with one attached hydrogen (secondary N) is 2. The first-order valence-electron chi connectivity index (χ1n) is 8.86. The van der Waals surface area contributed by atoms with Crippen molar-refractivity contribution in [1.29, 1.82) is 0 Å². The molecule has 0 heterocycles. The van der Waals surface area contributed by atoms with Crippen LogP contribution in [0, 0.1) is 0 Å². The van der Waals surface area contributed by atoms with Gasteiger partial charge in [-0.15, -0.1) is 0 Å². The maximum absolute atomic E-state index is 5.54. The van der Waals surface area contributed by atoms with Gasteiger partial charge in [0.25, 0.3) is 0 Å². The highest BCUT2D eigenvalue weighted by atomic mass is 16.5. The van der Waals surface area contributed by atoms with Crippen molar-refractivity contribution >= 4 is 22.7 Å². The fourth-order valence-corrected chi connectivity index (χ4v) is 2.63. The SMILES string of the molecule is CCOc1cccc(Nc2ccc(Nc3cccc(OCC)c3)cc2)c1. The Balaban J connectivity index is 1.65. The standard InChI is InChI=1S/C22H24N2O2/c1-3-25-21-9-5-7-19(15-21)23-17-11-13-18(14-12-17)24-20-8-6-10-22(16-20)26-4-2/h5-16,23-24H,3-4H2,1-2H3. The molecule has 0 radical (unpaired) electrons. The van der Waals surface area contributed by atoms with Gasteiger partial charge in [0.05, 0.1) is 13.2 Å². The summed E-state index contributed by atoms with van der Waals surface area (Å²) in [5.41, 5.74) is 4.04. The summed E-state index contributed by atoms with van der Waals surface area (Å²) in [7, 11) is 0. The Kier molecular flexibility index (Phi) is 5.99. The first kappa shape index (κ1) is 17.7. The summed E-state index contributed by atoms with van der Waals surface area (Å²) in [6.45, 7) is 5.29. The average Bonchev–Trinajstić information content (AvgIpc) is 2.65. The quantitative estimate of drug-likeness (QED) is 0.526. The van der Waals surface area contributed by atoms with Gasteiger partial charge in [-0.25, -0.2) is 0 Å². The van der Waals surface area contributed by atoms with Crippen LogP contribution in [0.25, 0.3) is 0 Å². The summed E-state index contributed by atoms with van der Waals surface area (Å²) >= 11 is 0. The lowest BCUT2D eigenvalue weighted by atomic mass is 10.2. The molecule has 134 valence electrons. The van der Waals surface area contributed by atoms with Crippen molar-refractivity contribution in [1.82, 2.24) is 0 Å². The molecule has 4 heteroatoms. The van der Waals surface area contributed by atoms with Crippen LogP contribution in [0.2, 0.25) is 0 Å². The molecule has 4 nitrogen and oxygen atoms in total. The first-order valence-corrected chi connectivity index (χ1v) is 8.86. The van der Waals surface area contributed by atoms with E-state index in [4.69, 9.17) is 9.47 Å². The summed E-state index contributed by atoms with van der Waals surface area (Å²) in [5, 5.41) is 6.78. The minimum absolute atomic E-state index is 0.661. The van der Waals surface area contributed by atoms with Crippen molar-refractivity contribution in [2.24, 2.45) is 0 Å². The van der Waals surface area contributed by atoms with Gasteiger partial charge in [0.15, 0.2) is 0 Å². The van der Waals surface area contributed by atoms with E-state index in [1.807, 2.05) is 86.6 Å². The monoisotopic (exact) mass is 348 g/mol. The molecule has 0 aromatic heterocycles. The Hall–Kier alpha value is -3.14. The zero-order valence-electron chi connectivity index (χ0n) is 15.2. The maximum atomic E-state index is 5.54. The molecule has 0 fully saturated rings. The molecule has 0 saturated carbocycles. The van der Waals surface area contributed by atoms with Crippen LogP contribution in [0.1, 0.15) is 13.8 Å². The van der Waals surface area contributed by atoms with Gasteiger partial charge in [0.2, 0.25) is 0 Å². The predicted octanol–water partition coefficient (Wildman–Crippen LogP) is 5.97. The predicted molar refractivity (Wildman–Crippen MR) is 108 cm³/mol. The molecule has 0 amide bonds. The first-order chi connectivity index (χ1) is 12.8. The van der Waals surface area contributed by atoms with Gasteiger partial charge in [0.1, 0.15) is 11.5 Å². The molecule has 0 unspecified atom stereocenters. The second-order valence-electron chi connectivity index (χ2n) is 5.75. The lowest BCUT2D eigenvalue weighted by Gasteiger charge is -2.11. The van der Waals surface area contributed by atoms with Crippen molar-refractivity contribution in [3.05, 3.63) is 72.8 Å². The Morgan fingerprint density at radius 1 is 0.577 bits per heavy atom. The largest absolute Gasteiger partial charge is 0.494 e. The zero-order valence-corrected chi connectivity index (χ0v) is 15.2. The smallest absolute Gasteiger partial charge is 0.121 e. The number of hydrogen-bond donors (Lipinski definition) is 2. The van der Waals surface area contributed by atoms with Gasteiger partial charge < -0.3 is 20.1 Å². The summed E-state index contributed by atoms with van der Waals surface area (Å²) < 4.78 is 11.1. The molecule has 0 saturated heterocycles. The van der Waals surface area contributed by atoms with E-state index in [0.717, 1.165) is 34.2 Å². The van der Waals surface area contributed by atoms with Gasteiger partial charge in [0, 0.05) is 34.9 Å². The number of ether oxygens (including phenoxy) is 2. The molecule has 0 atom stereocenters. The lowest BCUT2D eigenvalue weighted by Crippen LogP contribution is -1.95. The molecular formula is C22H24N2O2. The highest BCUT2D eigenvalue weighted by molar-refractivity contribution is 5.67. The van der Waals surface area contributed by atoms with Crippen LogP contribution in [-0.2, 0) is 0 Å².